The molecule has 1 amide bonds. The highest BCUT2D eigenvalue weighted by Crippen LogP contribution is 2.21. The van der Waals surface area contributed by atoms with Crippen molar-refractivity contribution < 1.29 is 9.53 Å². The van der Waals surface area contributed by atoms with E-state index < -0.39 is 0 Å². The maximum Gasteiger partial charge on any atom is 0.409 e. The van der Waals surface area contributed by atoms with Gasteiger partial charge in [0.1, 0.15) is 11.8 Å². The molecule has 28 heavy (non-hydrogen) atoms. The van der Waals surface area contributed by atoms with Gasteiger partial charge in [0, 0.05) is 31.5 Å². The zero-order valence-electron chi connectivity index (χ0n) is 15.7. The number of likely N-dealkylation sites (tertiary alicyclic amines) is 1. The molecule has 1 saturated heterocycles. The lowest BCUT2D eigenvalue weighted by Crippen LogP contribution is -2.42. The molecule has 0 unspecified atom stereocenters. The summed E-state index contributed by atoms with van der Waals surface area (Å²) in [6, 6.07) is 0.205. The molecular formula is C18H22N8O2. The summed E-state index contributed by atoms with van der Waals surface area (Å²) in [4.78, 5) is 35.2. The van der Waals surface area contributed by atoms with Gasteiger partial charge in [-0.25, -0.2) is 19.7 Å². The van der Waals surface area contributed by atoms with Crippen molar-refractivity contribution in [1.29, 1.82) is 0 Å². The molecule has 1 fully saturated rings. The molecule has 10 nitrogen and oxygen atoms in total. The Bertz CT molecular complexity index is 937. The van der Waals surface area contributed by atoms with Gasteiger partial charge in [0.15, 0.2) is 5.65 Å². The summed E-state index contributed by atoms with van der Waals surface area (Å²) in [6.07, 6.45) is 9.65. The van der Waals surface area contributed by atoms with Crippen molar-refractivity contribution in [1.82, 2.24) is 34.4 Å². The monoisotopic (exact) mass is 382 g/mol. The van der Waals surface area contributed by atoms with E-state index in [4.69, 9.17) is 4.74 Å². The summed E-state index contributed by atoms with van der Waals surface area (Å²) in [5.74, 6) is 0.718. The van der Waals surface area contributed by atoms with Crippen LogP contribution in [-0.4, -0.2) is 66.2 Å². The fourth-order valence-corrected chi connectivity index (χ4v) is 3.31. The number of anilines is 1. The van der Waals surface area contributed by atoms with Crippen molar-refractivity contribution >= 4 is 23.2 Å². The van der Waals surface area contributed by atoms with Crippen LogP contribution in [-0.2, 0) is 11.3 Å². The van der Waals surface area contributed by atoms with Crippen LogP contribution in [0.25, 0.3) is 11.2 Å². The zero-order chi connectivity index (χ0) is 19.3. The molecule has 3 aromatic rings. The van der Waals surface area contributed by atoms with Crippen LogP contribution in [0.5, 0.6) is 0 Å². The van der Waals surface area contributed by atoms with Crippen LogP contribution in [0.3, 0.4) is 0 Å². The number of carbonyl (C=O) groups is 1. The van der Waals surface area contributed by atoms with Gasteiger partial charge < -0.3 is 15.0 Å². The third kappa shape index (κ3) is 3.85. The molecule has 3 aromatic heterocycles. The molecule has 0 radical (unpaired) electrons. The average Bonchev–Trinajstić information content (AvgIpc) is 3.06. The summed E-state index contributed by atoms with van der Waals surface area (Å²) in [7, 11) is 0. The molecular weight excluding hydrogens is 360 g/mol. The Balaban J connectivity index is 1.51. The van der Waals surface area contributed by atoms with Gasteiger partial charge in [-0.05, 0) is 19.8 Å². The van der Waals surface area contributed by atoms with Crippen LogP contribution >= 0.6 is 0 Å². The highest BCUT2D eigenvalue weighted by Gasteiger charge is 2.25. The molecule has 0 aromatic carbocycles. The first-order valence-corrected chi connectivity index (χ1v) is 9.34. The van der Waals surface area contributed by atoms with Gasteiger partial charge in [-0.15, -0.1) is 0 Å². The van der Waals surface area contributed by atoms with E-state index in [-0.39, 0.29) is 12.1 Å². The third-order valence-corrected chi connectivity index (χ3v) is 4.70. The quantitative estimate of drug-likeness (QED) is 0.710. The highest BCUT2D eigenvalue weighted by molar-refractivity contribution is 5.73. The van der Waals surface area contributed by atoms with E-state index in [1.807, 2.05) is 11.5 Å². The number of piperidine rings is 1. The minimum absolute atomic E-state index is 0.205. The van der Waals surface area contributed by atoms with Crippen molar-refractivity contribution in [2.45, 2.75) is 32.4 Å². The Kier molecular flexibility index (Phi) is 5.27. The standard InChI is InChI=1S/C18H22N8O2/c1-2-28-18(27)25-7-3-13(4-8-25)23-17-24-15-10-20-12-22-16(15)26(17)11-14-9-19-5-6-21-14/h5-6,9-10,12-13H,2-4,7-8,11H2,1H3,(H,23,24). The number of carbonyl (C=O) groups excluding carboxylic acids is 1. The smallest absolute Gasteiger partial charge is 0.409 e. The summed E-state index contributed by atoms with van der Waals surface area (Å²) in [5.41, 5.74) is 2.28. The highest BCUT2D eigenvalue weighted by atomic mass is 16.6. The van der Waals surface area contributed by atoms with Gasteiger partial charge in [-0.3, -0.25) is 14.5 Å². The van der Waals surface area contributed by atoms with E-state index in [0.717, 1.165) is 35.6 Å². The van der Waals surface area contributed by atoms with Crippen molar-refractivity contribution in [3.05, 3.63) is 36.8 Å². The number of nitrogens with zero attached hydrogens (tertiary/aromatic N) is 7. The maximum absolute atomic E-state index is 11.9. The molecule has 4 rings (SSSR count). The molecule has 0 spiro atoms. The lowest BCUT2D eigenvalue weighted by molar-refractivity contribution is 0.0983. The second kappa shape index (κ2) is 8.15. The third-order valence-electron chi connectivity index (χ3n) is 4.70. The molecule has 146 valence electrons. The first kappa shape index (κ1) is 18.1. The van der Waals surface area contributed by atoms with E-state index in [9.17, 15) is 4.79 Å². The Morgan fingerprint density at radius 1 is 1.21 bits per heavy atom. The number of rotatable bonds is 5. The van der Waals surface area contributed by atoms with Crippen LogP contribution in [0.15, 0.2) is 31.1 Å². The lowest BCUT2D eigenvalue weighted by Gasteiger charge is -2.31. The fourth-order valence-electron chi connectivity index (χ4n) is 3.31. The second-order valence-corrected chi connectivity index (χ2v) is 6.55. The lowest BCUT2D eigenvalue weighted by atomic mass is 10.1. The molecule has 0 saturated carbocycles. The van der Waals surface area contributed by atoms with Crippen molar-refractivity contribution in [2.24, 2.45) is 0 Å². The minimum atomic E-state index is -0.244. The SMILES string of the molecule is CCOC(=O)N1CCC(Nc2nc3cncnc3n2Cc2cnccn2)CC1. The van der Waals surface area contributed by atoms with E-state index in [1.165, 1.54) is 6.33 Å². The predicted molar refractivity (Wildman–Crippen MR) is 102 cm³/mol. The second-order valence-electron chi connectivity index (χ2n) is 6.55. The number of nitrogens with one attached hydrogen (secondary N) is 1. The van der Waals surface area contributed by atoms with Crippen LogP contribution < -0.4 is 5.32 Å². The Labute approximate surface area is 162 Å². The molecule has 0 atom stereocenters. The molecule has 0 aliphatic carbocycles. The Morgan fingerprint density at radius 2 is 2.07 bits per heavy atom. The molecule has 1 aliphatic rings. The predicted octanol–water partition coefficient (Wildman–Crippen LogP) is 1.70. The normalized spacial score (nSPS) is 15.0. The van der Waals surface area contributed by atoms with E-state index in [1.54, 1.807) is 29.7 Å². The number of hydrogen-bond donors (Lipinski definition) is 1. The summed E-state index contributed by atoms with van der Waals surface area (Å²) in [6.45, 7) is 4.02. The van der Waals surface area contributed by atoms with Gasteiger partial charge in [-0.2, -0.15) is 0 Å². The molecule has 4 heterocycles. The topological polar surface area (TPSA) is 111 Å². The van der Waals surface area contributed by atoms with Gasteiger partial charge in [0.25, 0.3) is 0 Å². The number of aromatic nitrogens is 6. The first-order valence-electron chi connectivity index (χ1n) is 9.34. The minimum Gasteiger partial charge on any atom is -0.450 e. The van der Waals surface area contributed by atoms with E-state index >= 15 is 0 Å². The van der Waals surface area contributed by atoms with Gasteiger partial charge in [-0.1, -0.05) is 0 Å². The molecule has 0 bridgehead atoms. The van der Waals surface area contributed by atoms with E-state index in [2.05, 4.69) is 30.2 Å². The maximum atomic E-state index is 11.9. The number of imidazole rings is 1. The Hall–Kier alpha value is -3.30. The van der Waals surface area contributed by atoms with Crippen molar-refractivity contribution in [2.75, 3.05) is 25.0 Å². The van der Waals surface area contributed by atoms with Crippen LogP contribution in [0.2, 0.25) is 0 Å². The molecule has 1 aliphatic heterocycles. The zero-order valence-corrected chi connectivity index (χ0v) is 15.7. The van der Waals surface area contributed by atoms with Crippen molar-refractivity contribution in [3.8, 4) is 0 Å². The van der Waals surface area contributed by atoms with Gasteiger partial charge in [0.2, 0.25) is 5.95 Å². The van der Waals surface area contributed by atoms with Crippen LogP contribution in [0, 0.1) is 0 Å². The first-order chi connectivity index (χ1) is 13.7. The fraction of sp³-hybridized carbons (Fsp3) is 0.444. The number of hydrogen-bond acceptors (Lipinski definition) is 8. The number of fused-ring (bicyclic) bond motifs is 1. The molecule has 1 N–H and O–H groups in total. The number of ether oxygens (including phenoxy) is 1. The Morgan fingerprint density at radius 3 is 2.82 bits per heavy atom. The summed E-state index contributed by atoms with van der Waals surface area (Å²) in [5, 5.41) is 3.51. The summed E-state index contributed by atoms with van der Waals surface area (Å²) < 4.78 is 7.07. The van der Waals surface area contributed by atoms with Crippen LogP contribution in [0.1, 0.15) is 25.5 Å². The van der Waals surface area contributed by atoms with E-state index in [0.29, 0.717) is 26.2 Å². The van der Waals surface area contributed by atoms with Gasteiger partial charge in [0.05, 0.1) is 31.2 Å². The summed E-state index contributed by atoms with van der Waals surface area (Å²) >= 11 is 0. The molecule has 10 heteroatoms. The number of amides is 1. The van der Waals surface area contributed by atoms with Gasteiger partial charge >= 0.3 is 6.09 Å². The average molecular weight is 382 g/mol. The van der Waals surface area contributed by atoms with Crippen molar-refractivity contribution in [3.63, 3.8) is 0 Å². The largest absolute Gasteiger partial charge is 0.450 e. The van der Waals surface area contributed by atoms with Crippen LogP contribution in [0.4, 0.5) is 10.7 Å².